The van der Waals surface area contributed by atoms with Gasteiger partial charge in [0.05, 0.1) is 6.54 Å². The van der Waals surface area contributed by atoms with Crippen LogP contribution in [0, 0.1) is 11.6 Å². The van der Waals surface area contributed by atoms with Gasteiger partial charge in [-0.25, -0.2) is 13.8 Å². The lowest BCUT2D eigenvalue weighted by Crippen LogP contribution is -2.40. The Morgan fingerprint density at radius 3 is 2.73 bits per heavy atom. The Hall–Kier alpha value is -4.64. The Balaban J connectivity index is 1.39. The van der Waals surface area contributed by atoms with Crippen molar-refractivity contribution in [3.8, 4) is 10.4 Å². The number of H-pyrrole nitrogens is 1. The van der Waals surface area contributed by atoms with Gasteiger partial charge in [-0.05, 0) is 54.1 Å². The Morgan fingerprint density at radius 1 is 1.11 bits per heavy atom. The standard InChI is InChI=1S/C26H19F2N5O3S/c27-18-6-5-14(11-19(18)28)13-33-10-2-4-16(26(33)36)25(35)32-22(23(29)34)21-8-7-20(37-21)17-12-31-24-15(17)3-1-9-30-24/h1-12,22H,13H2,(H2,29,34)(H,30,31)(H,32,35). The van der Waals surface area contributed by atoms with Gasteiger partial charge >= 0.3 is 0 Å². The molecule has 1 aromatic carbocycles. The molecule has 186 valence electrons. The maximum Gasteiger partial charge on any atom is 0.263 e. The molecule has 1 unspecified atom stereocenters. The minimum absolute atomic E-state index is 0.0792. The summed E-state index contributed by atoms with van der Waals surface area (Å²) in [6.45, 7) is -0.0792. The van der Waals surface area contributed by atoms with Crippen LogP contribution in [-0.2, 0) is 11.3 Å². The number of primary amides is 1. The minimum atomic E-state index is -1.17. The van der Waals surface area contributed by atoms with Crippen molar-refractivity contribution in [1.29, 1.82) is 0 Å². The van der Waals surface area contributed by atoms with Crippen molar-refractivity contribution in [2.24, 2.45) is 5.73 Å². The average Bonchev–Trinajstić information content (AvgIpc) is 3.53. The SMILES string of the molecule is NC(=O)C(NC(=O)c1cccn(Cc2ccc(F)c(F)c2)c1=O)c1ccc(-c2c[nH]c3ncccc23)s1. The van der Waals surface area contributed by atoms with E-state index in [4.69, 9.17) is 5.73 Å². The quantitative estimate of drug-likeness (QED) is 0.303. The van der Waals surface area contributed by atoms with Crippen molar-refractivity contribution >= 4 is 34.2 Å². The monoisotopic (exact) mass is 519 g/mol. The lowest BCUT2D eigenvalue weighted by atomic mass is 10.1. The summed E-state index contributed by atoms with van der Waals surface area (Å²) in [5.74, 6) is -3.62. The van der Waals surface area contributed by atoms with Crippen molar-refractivity contribution in [3.05, 3.63) is 111 Å². The second kappa shape index (κ2) is 9.78. The molecular formula is C26H19F2N5O3S. The summed E-state index contributed by atoms with van der Waals surface area (Å²) in [5.41, 5.74) is 6.65. The number of fused-ring (bicyclic) bond motifs is 1. The van der Waals surface area contributed by atoms with Gasteiger partial charge in [0.2, 0.25) is 5.91 Å². The fraction of sp³-hybridized carbons (Fsp3) is 0.0769. The largest absolute Gasteiger partial charge is 0.368 e. The number of rotatable bonds is 7. The minimum Gasteiger partial charge on any atom is -0.368 e. The molecule has 0 saturated heterocycles. The average molecular weight is 520 g/mol. The number of amides is 2. The highest BCUT2D eigenvalue weighted by atomic mass is 32.1. The molecule has 4 heterocycles. The van der Waals surface area contributed by atoms with E-state index in [1.165, 1.54) is 40.3 Å². The summed E-state index contributed by atoms with van der Waals surface area (Å²) < 4.78 is 28.0. The molecule has 0 saturated carbocycles. The number of carbonyl (C=O) groups is 2. The summed E-state index contributed by atoms with van der Waals surface area (Å²) in [5, 5.41) is 3.45. The molecular weight excluding hydrogens is 500 g/mol. The fourth-order valence-electron chi connectivity index (χ4n) is 3.97. The van der Waals surface area contributed by atoms with Gasteiger partial charge in [-0.15, -0.1) is 11.3 Å². The van der Waals surface area contributed by atoms with Crippen LogP contribution in [0.1, 0.15) is 26.8 Å². The second-order valence-electron chi connectivity index (χ2n) is 8.22. The number of halogens is 2. The number of aromatic nitrogens is 3. The Kier molecular flexibility index (Phi) is 6.36. The number of nitrogens with zero attached hydrogens (tertiary/aromatic N) is 2. The van der Waals surface area contributed by atoms with Gasteiger partial charge in [0.25, 0.3) is 11.5 Å². The normalized spacial score (nSPS) is 11.9. The predicted molar refractivity (Wildman–Crippen MR) is 135 cm³/mol. The zero-order valence-electron chi connectivity index (χ0n) is 19.1. The third-order valence-electron chi connectivity index (χ3n) is 5.79. The lowest BCUT2D eigenvalue weighted by molar-refractivity contribution is -0.119. The number of hydrogen-bond acceptors (Lipinski definition) is 5. The topological polar surface area (TPSA) is 123 Å². The number of aromatic amines is 1. The summed E-state index contributed by atoms with van der Waals surface area (Å²) in [6.07, 6.45) is 4.91. The number of carbonyl (C=O) groups excluding carboxylic acids is 2. The van der Waals surface area contributed by atoms with E-state index in [2.05, 4.69) is 15.3 Å². The molecule has 8 nitrogen and oxygen atoms in total. The first kappa shape index (κ1) is 24.1. The molecule has 2 amide bonds. The maximum absolute atomic E-state index is 13.6. The van der Waals surface area contributed by atoms with Crippen LogP contribution < -0.4 is 16.6 Å². The fourth-order valence-corrected chi connectivity index (χ4v) is 5.07. The van der Waals surface area contributed by atoms with Crippen molar-refractivity contribution < 1.29 is 18.4 Å². The highest BCUT2D eigenvalue weighted by molar-refractivity contribution is 7.15. The maximum atomic E-state index is 13.6. The van der Waals surface area contributed by atoms with E-state index in [9.17, 15) is 23.2 Å². The van der Waals surface area contributed by atoms with Gasteiger partial charge in [-0.3, -0.25) is 14.4 Å². The summed E-state index contributed by atoms with van der Waals surface area (Å²) in [6, 6.07) is 12.2. The predicted octanol–water partition coefficient (Wildman–Crippen LogP) is 3.74. The first-order chi connectivity index (χ1) is 17.8. The Bertz CT molecular complexity index is 1710. The number of nitrogens with one attached hydrogen (secondary N) is 2. The van der Waals surface area contributed by atoms with Gasteiger partial charge in [0, 0.05) is 39.3 Å². The molecule has 37 heavy (non-hydrogen) atoms. The molecule has 4 aromatic heterocycles. The van der Waals surface area contributed by atoms with Crippen LogP contribution in [0.2, 0.25) is 0 Å². The molecule has 1 atom stereocenters. The van der Waals surface area contributed by atoms with Crippen LogP contribution in [0.15, 0.2) is 78.0 Å². The van der Waals surface area contributed by atoms with Gasteiger partial charge in [-0.1, -0.05) is 6.07 Å². The van der Waals surface area contributed by atoms with E-state index >= 15 is 0 Å². The molecule has 0 fully saturated rings. The molecule has 4 N–H and O–H groups in total. The van der Waals surface area contributed by atoms with E-state index < -0.39 is 35.0 Å². The number of hydrogen-bond donors (Lipinski definition) is 3. The van der Waals surface area contributed by atoms with Crippen molar-refractivity contribution in [2.75, 3.05) is 0 Å². The number of nitrogens with two attached hydrogens (primary N) is 1. The molecule has 5 aromatic rings. The molecule has 0 aliphatic rings. The van der Waals surface area contributed by atoms with Gasteiger partial charge in [-0.2, -0.15) is 0 Å². The highest BCUT2D eigenvalue weighted by Crippen LogP contribution is 2.35. The van der Waals surface area contributed by atoms with Crippen LogP contribution in [-0.4, -0.2) is 26.3 Å². The molecule has 5 rings (SSSR count). The Labute approximate surface area is 212 Å². The van der Waals surface area contributed by atoms with Crippen LogP contribution >= 0.6 is 11.3 Å². The van der Waals surface area contributed by atoms with E-state index in [-0.39, 0.29) is 12.1 Å². The second-order valence-corrected chi connectivity index (χ2v) is 9.33. The van der Waals surface area contributed by atoms with Gasteiger partial charge in [0.1, 0.15) is 17.3 Å². The van der Waals surface area contributed by atoms with E-state index in [1.807, 2.05) is 24.4 Å². The highest BCUT2D eigenvalue weighted by Gasteiger charge is 2.25. The van der Waals surface area contributed by atoms with Crippen LogP contribution in [0.3, 0.4) is 0 Å². The molecule has 11 heteroatoms. The first-order valence-corrected chi connectivity index (χ1v) is 11.9. The van der Waals surface area contributed by atoms with E-state index in [0.717, 1.165) is 33.6 Å². The summed E-state index contributed by atoms with van der Waals surface area (Å²) in [4.78, 5) is 46.9. The molecule has 0 spiro atoms. The van der Waals surface area contributed by atoms with Crippen LogP contribution in [0.4, 0.5) is 8.78 Å². The third kappa shape index (κ3) is 4.76. The molecule has 0 bridgehead atoms. The zero-order chi connectivity index (χ0) is 26.1. The Morgan fingerprint density at radius 2 is 1.95 bits per heavy atom. The van der Waals surface area contributed by atoms with Gasteiger partial charge in [0.15, 0.2) is 11.6 Å². The van der Waals surface area contributed by atoms with E-state index in [1.54, 1.807) is 12.3 Å². The third-order valence-corrected chi connectivity index (χ3v) is 6.97. The number of pyridine rings is 2. The number of benzene rings is 1. The van der Waals surface area contributed by atoms with Gasteiger partial charge < -0.3 is 20.6 Å². The van der Waals surface area contributed by atoms with Crippen LogP contribution in [0.5, 0.6) is 0 Å². The molecule has 0 aliphatic heterocycles. The summed E-state index contributed by atoms with van der Waals surface area (Å²) >= 11 is 1.28. The lowest BCUT2D eigenvalue weighted by Gasteiger charge is -2.14. The van der Waals surface area contributed by atoms with Crippen molar-refractivity contribution in [3.63, 3.8) is 0 Å². The molecule has 0 radical (unpaired) electrons. The first-order valence-electron chi connectivity index (χ1n) is 11.1. The zero-order valence-corrected chi connectivity index (χ0v) is 19.9. The number of thiophene rings is 1. The van der Waals surface area contributed by atoms with E-state index in [0.29, 0.717) is 10.4 Å². The van der Waals surface area contributed by atoms with Crippen LogP contribution in [0.25, 0.3) is 21.5 Å². The smallest absolute Gasteiger partial charge is 0.263 e. The van der Waals surface area contributed by atoms with Crippen molar-refractivity contribution in [2.45, 2.75) is 12.6 Å². The molecule has 0 aliphatic carbocycles. The van der Waals surface area contributed by atoms with Crippen molar-refractivity contribution in [1.82, 2.24) is 19.9 Å². The summed E-state index contributed by atoms with van der Waals surface area (Å²) in [7, 11) is 0.